The maximum atomic E-state index is 12.0. The van der Waals surface area contributed by atoms with Crippen LogP contribution in [0, 0.1) is 15.4 Å². The Morgan fingerprint density at radius 3 is 1.89 bits per heavy atom. The second-order valence-corrected chi connectivity index (χ2v) is 10.5. The first-order valence-electron chi connectivity index (χ1n) is 15.9. The zero-order valence-corrected chi connectivity index (χ0v) is 27.5. The molecule has 2 saturated heterocycles. The summed E-state index contributed by atoms with van der Waals surface area (Å²) in [5, 5.41) is 8.60. The Hall–Kier alpha value is -3.57. The van der Waals surface area contributed by atoms with Crippen LogP contribution in [0.25, 0.3) is 0 Å². The summed E-state index contributed by atoms with van der Waals surface area (Å²) >= 11 is 1.80. The number of hydrogen-bond acceptors (Lipinski definition) is 12. The van der Waals surface area contributed by atoms with E-state index in [9.17, 15) is 28.8 Å². The van der Waals surface area contributed by atoms with Crippen molar-refractivity contribution < 1.29 is 41.5 Å². The van der Waals surface area contributed by atoms with E-state index in [0.717, 1.165) is 0 Å². The molecule has 2 unspecified atom stereocenters. The summed E-state index contributed by atoms with van der Waals surface area (Å²) in [6.07, 6.45) is -0.367. The van der Waals surface area contributed by atoms with Gasteiger partial charge in [0.25, 0.3) is 11.1 Å². The molecule has 0 bridgehead atoms. The molecule has 17 heteroatoms. The summed E-state index contributed by atoms with van der Waals surface area (Å²) in [6.45, 7) is 4.16. The van der Waals surface area contributed by atoms with Gasteiger partial charge in [0.05, 0.1) is 16.8 Å². The van der Waals surface area contributed by atoms with E-state index in [4.69, 9.17) is 24.6 Å². The summed E-state index contributed by atoms with van der Waals surface area (Å²) < 4.78 is 49.4. The fourth-order valence-corrected chi connectivity index (χ4v) is 4.80. The molecule has 0 aliphatic carbocycles. The highest BCUT2D eigenvalue weighted by atomic mass is 127. The second-order valence-electron chi connectivity index (χ2n) is 9.37. The zero-order valence-electron chi connectivity index (χ0n) is 29.3. The van der Waals surface area contributed by atoms with Crippen molar-refractivity contribution in [2.75, 3.05) is 13.2 Å². The molecule has 0 saturated carbocycles. The highest BCUT2D eigenvalue weighted by molar-refractivity contribution is 14.1. The smallest absolute Gasteiger partial charge is 0.330 e. The van der Waals surface area contributed by atoms with Crippen LogP contribution in [0.5, 0.6) is 0 Å². The summed E-state index contributed by atoms with van der Waals surface area (Å²) in [4.78, 5) is 73.6. The second kappa shape index (κ2) is 17.8. The average Bonchev–Trinajstić information content (AvgIpc) is 3.63. The molecule has 2 fully saturated rings. The zero-order chi connectivity index (χ0) is 37.3. The average molecular weight is 757 g/mol. The van der Waals surface area contributed by atoms with Crippen molar-refractivity contribution in [2.45, 2.75) is 91.7 Å². The van der Waals surface area contributed by atoms with Gasteiger partial charge in [0.15, 0.2) is 0 Å². The monoisotopic (exact) mass is 756 g/mol. The Morgan fingerprint density at radius 1 is 0.978 bits per heavy atom. The predicted molar refractivity (Wildman–Crippen MR) is 168 cm³/mol. The lowest BCUT2D eigenvalue weighted by molar-refractivity contribution is -0.151. The molecule has 2 aromatic rings. The van der Waals surface area contributed by atoms with Crippen LogP contribution >= 0.6 is 22.6 Å². The van der Waals surface area contributed by atoms with E-state index in [1.54, 1.807) is 22.6 Å². The van der Waals surface area contributed by atoms with E-state index >= 15 is 0 Å². The Labute approximate surface area is 277 Å². The van der Waals surface area contributed by atoms with E-state index in [0.29, 0.717) is 9.99 Å². The number of aliphatic hydroxyl groups is 2. The van der Waals surface area contributed by atoms with Crippen LogP contribution in [-0.4, -0.2) is 81.8 Å². The summed E-state index contributed by atoms with van der Waals surface area (Å²) in [7, 11) is 2.50. The van der Waals surface area contributed by atoms with Gasteiger partial charge < -0.3 is 29.2 Å². The van der Waals surface area contributed by atoms with Crippen molar-refractivity contribution in [2.24, 2.45) is 0 Å². The number of aliphatic hydroxyl groups excluding tert-OH is 2. The number of halogens is 1. The molecular weight excluding hydrogens is 711 g/mol. The first-order valence-corrected chi connectivity index (χ1v) is 14.1. The van der Waals surface area contributed by atoms with Crippen LogP contribution in [0.15, 0.2) is 31.6 Å². The fourth-order valence-electron chi connectivity index (χ4n) is 4.36. The number of aromatic nitrogens is 4. The van der Waals surface area contributed by atoms with Crippen molar-refractivity contribution in [3.8, 4) is 11.8 Å². The third-order valence-corrected chi connectivity index (χ3v) is 7.01. The molecule has 4 rings (SSSR count). The summed E-state index contributed by atoms with van der Waals surface area (Å²) in [5.41, 5.74) is -2.17. The van der Waals surface area contributed by atoms with Crippen molar-refractivity contribution in [3.63, 3.8) is 0 Å². The number of aromatic amines is 2. The lowest BCUT2D eigenvalue weighted by atomic mass is 10.2. The number of esters is 2. The van der Waals surface area contributed by atoms with Crippen LogP contribution in [-0.2, 0) is 28.5 Å². The van der Waals surface area contributed by atoms with Crippen LogP contribution in [0.2, 0.25) is 0 Å². The minimum Gasteiger partial charge on any atom is -0.460 e. The molecule has 16 nitrogen and oxygen atoms in total. The third kappa shape index (κ3) is 10.2. The standard InChI is InChI=1S/C15H18N2O6.C11H13IN2O6.2CH4/c1-3-4-5-10-7-17(15(21)16-14(10)20)13-6-11(22-9(2)19)12(8-18)23-13;1-5(16)19-7-2-9(20-8(7)4-15)14-3-6(12)10(17)13-11(14)18;;/h7,11-13,18H,3,6,8H2,1-2H3,(H,16,20,21);3,7-9,15H,2,4H2,1H3,(H,13,17,18);2*1H4/t11?,12-,13-;7?,8-,9-;;/m11../s1/i18D;15D;2*1T. The van der Waals surface area contributed by atoms with E-state index in [1.165, 1.54) is 50.2 Å². The van der Waals surface area contributed by atoms with Crippen LogP contribution < -0.4 is 22.5 Å². The van der Waals surface area contributed by atoms with Gasteiger partial charge in [-0.05, 0) is 22.6 Å². The van der Waals surface area contributed by atoms with Crippen molar-refractivity contribution in [3.05, 3.63) is 63.2 Å². The van der Waals surface area contributed by atoms with Crippen LogP contribution in [0.3, 0.4) is 0 Å². The minimum atomic E-state index is -0.763. The van der Waals surface area contributed by atoms with Gasteiger partial charge in [-0.15, -0.1) is 0 Å². The molecule has 0 spiro atoms. The van der Waals surface area contributed by atoms with Gasteiger partial charge >= 0.3 is 23.3 Å². The maximum absolute atomic E-state index is 12.0. The van der Waals surface area contributed by atoms with Crippen molar-refractivity contribution in [1.82, 2.24) is 19.1 Å². The molecule has 4 N–H and O–H groups in total. The lowest BCUT2D eigenvalue weighted by Crippen LogP contribution is -2.33. The largest absolute Gasteiger partial charge is 0.460 e. The molecular formula is C28H39IN4O12. The van der Waals surface area contributed by atoms with E-state index < -0.39 is 71.3 Å². The van der Waals surface area contributed by atoms with Crippen molar-refractivity contribution in [1.29, 1.82) is 2.86 Å². The van der Waals surface area contributed by atoms with Gasteiger partial charge in [0, 0.05) is 48.2 Å². The van der Waals surface area contributed by atoms with E-state index in [2.05, 4.69) is 32.0 Å². The molecule has 2 aliphatic rings. The summed E-state index contributed by atoms with van der Waals surface area (Å²) in [5.74, 6) is 4.47. The Morgan fingerprint density at radius 2 is 1.44 bits per heavy atom. The quantitative estimate of drug-likeness (QED) is 0.161. The van der Waals surface area contributed by atoms with Gasteiger partial charge in [0.1, 0.15) is 42.4 Å². The highest BCUT2D eigenvalue weighted by Crippen LogP contribution is 2.30. The molecule has 45 heavy (non-hydrogen) atoms. The van der Waals surface area contributed by atoms with Gasteiger partial charge in [-0.2, -0.15) is 0 Å². The number of nitrogens with one attached hydrogen (secondary N) is 2. The Kier molecular flexibility index (Phi) is 13.0. The molecule has 0 amide bonds. The van der Waals surface area contributed by atoms with Gasteiger partial charge in [-0.1, -0.05) is 33.6 Å². The molecule has 250 valence electrons. The molecule has 0 radical (unpaired) electrons. The number of H-pyrrole nitrogens is 2. The maximum Gasteiger partial charge on any atom is 0.330 e. The number of carbonyl (C=O) groups is 2. The molecule has 4 heterocycles. The molecule has 0 aromatic carbocycles. The fraction of sp³-hybridized carbons (Fsp3) is 0.571. The number of ether oxygens (including phenoxy) is 4. The number of carbonyl (C=O) groups excluding carboxylic acids is 2. The topological polar surface area (TPSA) is 221 Å². The predicted octanol–water partition coefficient (Wildman–Crippen LogP) is 0.135. The number of rotatable bonds is 8. The Balaban J connectivity index is 0.000000448. The SMILES string of the molecule is [2H]OC[C@H]1O[C@@H](n2cc(C#CCC)c(=O)[nH]c2=O)CC1OC(C)=O.[2H]OC[C@H]1O[C@@H](n2cc(I)c(=O)[nH]c2=O)CC1OC(C)=O.[3H]C.[3H]C. The highest BCUT2D eigenvalue weighted by Gasteiger charge is 2.39. The first kappa shape index (κ1) is 32.8. The molecule has 2 aliphatic heterocycles. The van der Waals surface area contributed by atoms with Crippen molar-refractivity contribution >= 4 is 34.5 Å². The minimum absolute atomic E-state index is 0.0936. The van der Waals surface area contributed by atoms with Gasteiger partial charge in [0.2, 0.25) is 2.86 Å². The molecule has 6 atom stereocenters. The lowest BCUT2D eigenvalue weighted by Gasteiger charge is -2.15. The van der Waals surface area contributed by atoms with E-state index in [-0.39, 0.29) is 31.6 Å². The number of hydrogen-bond donors (Lipinski definition) is 4. The van der Waals surface area contributed by atoms with Gasteiger partial charge in [-0.25, -0.2) is 9.59 Å². The third-order valence-electron chi connectivity index (χ3n) is 6.24. The van der Waals surface area contributed by atoms with Gasteiger partial charge in [-0.3, -0.25) is 38.3 Å². The number of nitrogens with zero attached hydrogens (tertiary/aromatic N) is 2. The Bertz CT molecular complexity index is 1670. The normalized spacial score (nSPS) is 24.1. The van der Waals surface area contributed by atoms with Crippen LogP contribution in [0.1, 0.15) is 75.6 Å². The van der Waals surface area contributed by atoms with Crippen LogP contribution in [0.4, 0.5) is 0 Å². The van der Waals surface area contributed by atoms with E-state index in [1.807, 2.05) is 6.92 Å². The molecule has 2 aromatic heterocycles. The first-order chi connectivity index (χ1) is 23.4. The summed E-state index contributed by atoms with van der Waals surface area (Å²) in [6, 6.07) is 0.